The van der Waals surface area contributed by atoms with Crippen LogP contribution in [-0.2, 0) is 4.74 Å². The van der Waals surface area contributed by atoms with E-state index in [9.17, 15) is 0 Å². The van der Waals surface area contributed by atoms with Gasteiger partial charge in [0, 0.05) is 38.3 Å². The van der Waals surface area contributed by atoms with E-state index in [4.69, 9.17) is 4.74 Å². The summed E-state index contributed by atoms with van der Waals surface area (Å²) < 4.78 is 5.76. The van der Waals surface area contributed by atoms with E-state index in [1.807, 2.05) is 0 Å². The Morgan fingerprint density at radius 1 is 1.20 bits per heavy atom. The molecule has 3 unspecified atom stereocenters. The van der Waals surface area contributed by atoms with Crippen molar-refractivity contribution in [2.75, 3.05) is 26.2 Å². The van der Waals surface area contributed by atoms with Crippen molar-refractivity contribution in [3.05, 3.63) is 0 Å². The number of nitrogens with zero attached hydrogens (tertiary/aromatic N) is 1. The zero-order valence-corrected chi connectivity index (χ0v) is 13.7. The lowest BCUT2D eigenvalue weighted by Crippen LogP contribution is -2.59. The minimum atomic E-state index is 0.360. The molecule has 1 heterocycles. The largest absolute Gasteiger partial charge is 0.377 e. The predicted molar refractivity (Wildman–Crippen MR) is 85.1 cm³/mol. The molecule has 0 radical (unpaired) electrons. The van der Waals surface area contributed by atoms with E-state index in [1.54, 1.807) is 0 Å². The lowest BCUT2D eigenvalue weighted by atomic mass is 9.82. The third-order valence-corrected chi connectivity index (χ3v) is 5.20. The van der Waals surface area contributed by atoms with Crippen LogP contribution in [0.1, 0.15) is 59.3 Å². The zero-order chi connectivity index (χ0) is 14.4. The van der Waals surface area contributed by atoms with Gasteiger partial charge in [-0.25, -0.2) is 0 Å². The normalized spacial score (nSPS) is 31.4. The van der Waals surface area contributed by atoms with Crippen molar-refractivity contribution in [1.29, 1.82) is 0 Å². The van der Waals surface area contributed by atoms with Crippen molar-refractivity contribution in [2.24, 2.45) is 5.92 Å². The van der Waals surface area contributed by atoms with Crippen molar-refractivity contribution >= 4 is 0 Å². The number of nitrogens with one attached hydrogen (secondary N) is 1. The van der Waals surface area contributed by atoms with Crippen LogP contribution in [-0.4, -0.2) is 49.3 Å². The number of ether oxygens (including phenoxy) is 1. The zero-order valence-electron chi connectivity index (χ0n) is 13.7. The molecular weight excluding hydrogens is 248 g/mol. The van der Waals surface area contributed by atoms with Crippen molar-refractivity contribution in [3.8, 4) is 0 Å². The van der Waals surface area contributed by atoms with Crippen LogP contribution in [0.2, 0.25) is 0 Å². The molecule has 2 aliphatic rings. The molecule has 1 saturated carbocycles. The number of hydrogen-bond donors (Lipinski definition) is 1. The first kappa shape index (κ1) is 16.3. The summed E-state index contributed by atoms with van der Waals surface area (Å²) in [5.41, 5.74) is 0. The molecular formula is C17H34N2O. The van der Waals surface area contributed by atoms with Crippen LogP contribution in [0.25, 0.3) is 0 Å². The quantitative estimate of drug-likeness (QED) is 0.810. The van der Waals surface area contributed by atoms with Gasteiger partial charge in [-0.1, -0.05) is 26.2 Å². The highest BCUT2D eigenvalue weighted by Gasteiger charge is 2.32. The van der Waals surface area contributed by atoms with Gasteiger partial charge in [-0.15, -0.1) is 0 Å². The van der Waals surface area contributed by atoms with Gasteiger partial charge in [-0.3, -0.25) is 4.90 Å². The fraction of sp³-hybridized carbons (Fsp3) is 1.00. The van der Waals surface area contributed by atoms with Crippen LogP contribution < -0.4 is 5.32 Å². The molecule has 0 aromatic heterocycles. The van der Waals surface area contributed by atoms with Gasteiger partial charge in [0.05, 0.1) is 6.10 Å². The highest BCUT2D eigenvalue weighted by molar-refractivity contribution is 4.90. The first-order valence-corrected chi connectivity index (χ1v) is 8.83. The van der Waals surface area contributed by atoms with E-state index in [1.165, 1.54) is 45.1 Å². The Kier molecular flexibility index (Phi) is 6.79. The summed E-state index contributed by atoms with van der Waals surface area (Å²) >= 11 is 0. The summed E-state index contributed by atoms with van der Waals surface area (Å²) in [6, 6.07) is 1.41. The molecule has 1 N–H and O–H groups in total. The Bertz CT molecular complexity index is 266. The van der Waals surface area contributed by atoms with Crippen LogP contribution in [0.15, 0.2) is 0 Å². The van der Waals surface area contributed by atoms with Gasteiger partial charge < -0.3 is 10.1 Å². The molecule has 1 aliphatic heterocycles. The molecule has 118 valence electrons. The minimum absolute atomic E-state index is 0.360. The molecule has 3 atom stereocenters. The molecule has 0 aromatic rings. The van der Waals surface area contributed by atoms with E-state index in [0.29, 0.717) is 18.2 Å². The summed E-state index contributed by atoms with van der Waals surface area (Å²) in [4.78, 5) is 2.69. The standard InChI is InChI=1S/C17H34N2O/c1-4-16-11-18-17(15-9-7-6-8-10-15)13-19(16)12-14(3)20-5-2/h14-18H,4-13H2,1-3H3. The van der Waals surface area contributed by atoms with Crippen molar-refractivity contribution in [2.45, 2.75) is 77.5 Å². The highest BCUT2D eigenvalue weighted by Crippen LogP contribution is 2.28. The second-order valence-corrected chi connectivity index (χ2v) is 6.69. The van der Waals surface area contributed by atoms with Gasteiger partial charge in [-0.05, 0) is 39.0 Å². The minimum Gasteiger partial charge on any atom is -0.377 e. The van der Waals surface area contributed by atoms with Crippen molar-refractivity contribution in [1.82, 2.24) is 10.2 Å². The first-order valence-electron chi connectivity index (χ1n) is 8.83. The molecule has 3 nitrogen and oxygen atoms in total. The second kappa shape index (κ2) is 8.35. The molecule has 0 bridgehead atoms. The van der Waals surface area contributed by atoms with Crippen molar-refractivity contribution < 1.29 is 4.74 Å². The van der Waals surface area contributed by atoms with E-state index in [-0.39, 0.29) is 0 Å². The fourth-order valence-electron chi connectivity index (χ4n) is 4.03. The van der Waals surface area contributed by atoms with Gasteiger partial charge in [0.1, 0.15) is 0 Å². The number of rotatable bonds is 6. The number of piperazine rings is 1. The Balaban J connectivity index is 1.88. The molecule has 1 aliphatic carbocycles. The lowest BCUT2D eigenvalue weighted by Gasteiger charge is -2.44. The second-order valence-electron chi connectivity index (χ2n) is 6.69. The van der Waals surface area contributed by atoms with Crippen molar-refractivity contribution in [3.63, 3.8) is 0 Å². The fourth-order valence-corrected chi connectivity index (χ4v) is 4.03. The smallest absolute Gasteiger partial charge is 0.0673 e. The molecule has 3 heteroatoms. The van der Waals surface area contributed by atoms with E-state index >= 15 is 0 Å². The van der Waals surface area contributed by atoms with Gasteiger partial charge in [0.15, 0.2) is 0 Å². The summed E-state index contributed by atoms with van der Waals surface area (Å²) in [6.07, 6.45) is 8.80. The maximum Gasteiger partial charge on any atom is 0.0673 e. The van der Waals surface area contributed by atoms with Crippen LogP contribution in [0.3, 0.4) is 0 Å². The molecule has 20 heavy (non-hydrogen) atoms. The van der Waals surface area contributed by atoms with Gasteiger partial charge in [0.25, 0.3) is 0 Å². The Hall–Kier alpha value is -0.120. The van der Waals surface area contributed by atoms with E-state index in [2.05, 4.69) is 31.0 Å². The maximum absolute atomic E-state index is 5.76. The Morgan fingerprint density at radius 3 is 2.60 bits per heavy atom. The third-order valence-electron chi connectivity index (χ3n) is 5.20. The lowest BCUT2D eigenvalue weighted by molar-refractivity contribution is 0.0122. The van der Waals surface area contributed by atoms with Crippen LogP contribution >= 0.6 is 0 Å². The summed E-state index contributed by atoms with van der Waals surface area (Å²) in [5.74, 6) is 0.909. The average molecular weight is 282 g/mol. The number of hydrogen-bond acceptors (Lipinski definition) is 3. The van der Waals surface area contributed by atoms with Crippen LogP contribution in [0.5, 0.6) is 0 Å². The Morgan fingerprint density at radius 2 is 1.95 bits per heavy atom. The topological polar surface area (TPSA) is 24.5 Å². The highest BCUT2D eigenvalue weighted by atomic mass is 16.5. The summed E-state index contributed by atoms with van der Waals surface area (Å²) in [7, 11) is 0. The molecule has 0 aromatic carbocycles. The molecule has 2 rings (SSSR count). The molecule has 0 amide bonds. The monoisotopic (exact) mass is 282 g/mol. The van der Waals surface area contributed by atoms with E-state index in [0.717, 1.165) is 25.6 Å². The molecule has 0 spiro atoms. The van der Waals surface area contributed by atoms with Crippen LogP contribution in [0.4, 0.5) is 0 Å². The maximum atomic E-state index is 5.76. The summed E-state index contributed by atoms with van der Waals surface area (Å²) in [5, 5.41) is 3.84. The first-order chi connectivity index (χ1) is 9.74. The van der Waals surface area contributed by atoms with Gasteiger partial charge in [-0.2, -0.15) is 0 Å². The molecule has 2 fully saturated rings. The summed E-state index contributed by atoms with van der Waals surface area (Å²) in [6.45, 7) is 10.9. The van der Waals surface area contributed by atoms with E-state index < -0.39 is 0 Å². The SMILES string of the molecule is CCOC(C)CN1CC(C2CCCCC2)NCC1CC. The van der Waals surface area contributed by atoms with Gasteiger partial charge >= 0.3 is 0 Å². The van der Waals surface area contributed by atoms with Crippen LogP contribution in [0, 0.1) is 5.92 Å². The predicted octanol–water partition coefficient (Wildman–Crippen LogP) is 3.04. The van der Waals surface area contributed by atoms with Gasteiger partial charge in [0.2, 0.25) is 0 Å². The molecule has 1 saturated heterocycles. The third kappa shape index (κ3) is 4.44. The Labute approximate surface area is 125 Å². The average Bonchev–Trinajstić information content (AvgIpc) is 2.48.